The molecule has 1 N–H and O–H groups in total. The molecular weight excluding hydrogens is 222 g/mol. The van der Waals surface area contributed by atoms with Crippen LogP contribution in [0.2, 0.25) is 0 Å². The van der Waals surface area contributed by atoms with Crippen molar-refractivity contribution in [1.29, 1.82) is 0 Å². The first-order valence-electron chi connectivity index (χ1n) is 6.04. The summed E-state index contributed by atoms with van der Waals surface area (Å²) >= 11 is 0. The maximum absolute atomic E-state index is 11.9. The monoisotopic (exact) mass is 241 g/mol. The fraction of sp³-hybridized carbons (Fsp3) is 0.833. The molecule has 3 fully saturated rings. The largest absolute Gasteiger partial charge is 0.481 e. The van der Waals surface area contributed by atoms with Gasteiger partial charge in [-0.15, -0.1) is 0 Å². The second-order valence-corrected chi connectivity index (χ2v) is 5.87. The van der Waals surface area contributed by atoms with Crippen LogP contribution in [0.15, 0.2) is 0 Å². The molecule has 1 aliphatic carbocycles. The molecule has 2 saturated heterocycles. The van der Waals surface area contributed by atoms with Gasteiger partial charge in [0.05, 0.1) is 12.0 Å². The van der Waals surface area contributed by atoms with Crippen molar-refractivity contribution < 1.29 is 19.4 Å². The topological polar surface area (TPSA) is 66.8 Å². The van der Waals surface area contributed by atoms with Gasteiger partial charge in [0.25, 0.3) is 0 Å². The molecule has 0 unspecified atom stereocenters. The molecular formula is C12H19NO4. The fourth-order valence-electron chi connectivity index (χ4n) is 2.71. The highest BCUT2D eigenvalue weighted by molar-refractivity contribution is 5.76. The third-order valence-corrected chi connectivity index (χ3v) is 3.46. The van der Waals surface area contributed by atoms with Crippen LogP contribution in [0.3, 0.4) is 0 Å². The van der Waals surface area contributed by atoms with Crippen molar-refractivity contribution >= 4 is 12.1 Å². The van der Waals surface area contributed by atoms with Gasteiger partial charge in [0.2, 0.25) is 0 Å². The minimum absolute atomic E-state index is 0.166. The van der Waals surface area contributed by atoms with Crippen LogP contribution < -0.4 is 0 Å². The van der Waals surface area contributed by atoms with Crippen LogP contribution >= 0.6 is 0 Å². The van der Waals surface area contributed by atoms with Gasteiger partial charge >= 0.3 is 12.1 Å². The quantitative estimate of drug-likeness (QED) is 0.761. The number of hydrogen-bond donors (Lipinski definition) is 1. The SMILES string of the molecule is CC(C)(C)OC(=O)N1[C@H]2CC[C@H](C(=O)O)[C@@H]1C2. The Kier molecular flexibility index (Phi) is 2.79. The van der Waals surface area contributed by atoms with Crippen LogP contribution in [-0.2, 0) is 9.53 Å². The zero-order valence-corrected chi connectivity index (χ0v) is 10.5. The molecule has 0 aromatic rings. The molecule has 96 valence electrons. The van der Waals surface area contributed by atoms with Crippen molar-refractivity contribution in [3.05, 3.63) is 0 Å². The highest BCUT2D eigenvalue weighted by Crippen LogP contribution is 2.42. The van der Waals surface area contributed by atoms with Gasteiger partial charge in [0.1, 0.15) is 5.60 Å². The first-order valence-corrected chi connectivity index (χ1v) is 6.04. The number of carboxylic acid groups (broad SMARTS) is 1. The number of nitrogens with zero attached hydrogens (tertiary/aromatic N) is 1. The average Bonchev–Trinajstić information content (AvgIpc) is 2.13. The number of ether oxygens (including phenoxy) is 1. The molecule has 0 aromatic heterocycles. The molecule has 17 heavy (non-hydrogen) atoms. The lowest BCUT2D eigenvalue weighted by molar-refractivity contribution is -0.153. The predicted molar refractivity (Wildman–Crippen MR) is 60.6 cm³/mol. The minimum Gasteiger partial charge on any atom is -0.481 e. The standard InChI is InChI=1S/C12H19NO4/c1-12(2,3)17-11(16)13-7-4-5-8(10(14)15)9(13)6-7/h7-9H,4-6H2,1-3H3,(H,14,15)/t7-,8-,9-/m0/s1. The number of fused-ring (bicyclic) bond motifs is 2. The third kappa shape index (κ3) is 2.23. The van der Waals surface area contributed by atoms with Gasteiger partial charge in [-0.3, -0.25) is 4.79 Å². The van der Waals surface area contributed by atoms with Gasteiger partial charge in [-0.05, 0) is 40.0 Å². The van der Waals surface area contributed by atoms with Crippen LogP contribution in [0.5, 0.6) is 0 Å². The molecule has 1 saturated carbocycles. The van der Waals surface area contributed by atoms with E-state index in [0.717, 1.165) is 12.8 Å². The van der Waals surface area contributed by atoms with Gasteiger partial charge in [0.15, 0.2) is 0 Å². The molecule has 3 aliphatic rings. The van der Waals surface area contributed by atoms with Crippen molar-refractivity contribution in [1.82, 2.24) is 4.90 Å². The first-order chi connectivity index (χ1) is 7.79. The fourth-order valence-corrected chi connectivity index (χ4v) is 2.71. The summed E-state index contributed by atoms with van der Waals surface area (Å²) in [7, 11) is 0. The Morgan fingerprint density at radius 2 is 1.94 bits per heavy atom. The summed E-state index contributed by atoms with van der Waals surface area (Å²) in [6.45, 7) is 5.44. The summed E-state index contributed by atoms with van der Waals surface area (Å²) in [6.07, 6.45) is 1.87. The van der Waals surface area contributed by atoms with E-state index < -0.39 is 17.5 Å². The third-order valence-electron chi connectivity index (χ3n) is 3.46. The molecule has 5 heteroatoms. The Hall–Kier alpha value is -1.26. The van der Waals surface area contributed by atoms with Crippen molar-refractivity contribution in [3.8, 4) is 0 Å². The lowest BCUT2D eigenvalue weighted by atomic mass is 9.73. The van der Waals surface area contributed by atoms with Crippen LogP contribution in [0.4, 0.5) is 4.79 Å². The molecule has 2 aliphatic heterocycles. The van der Waals surface area contributed by atoms with Gasteiger partial charge in [-0.25, -0.2) is 4.79 Å². The molecule has 5 nitrogen and oxygen atoms in total. The van der Waals surface area contributed by atoms with E-state index in [1.54, 1.807) is 4.90 Å². The number of aliphatic carboxylic acids is 1. The average molecular weight is 241 g/mol. The van der Waals surface area contributed by atoms with Gasteiger partial charge in [-0.1, -0.05) is 0 Å². The second kappa shape index (κ2) is 3.89. The maximum atomic E-state index is 11.9. The van der Waals surface area contributed by atoms with Gasteiger partial charge in [-0.2, -0.15) is 0 Å². The highest BCUT2D eigenvalue weighted by atomic mass is 16.6. The van der Waals surface area contributed by atoms with Crippen molar-refractivity contribution in [3.63, 3.8) is 0 Å². The second-order valence-electron chi connectivity index (χ2n) is 5.87. The molecule has 0 aromatic carbocycles. The minimum atomic E-state index is -0.804. The first kappa shape index (κ1) is 12.2. The molecule has 3 atom stereocenters. The Bertz CT molecular complexity index is 345. The van der Waals surface area contributed by atoms with Crippen LogP contribution in [-0.4, -0.2) is 39.8 Å². The zero-order chi connectivity index (χ0) is 12.8. The number of carbonyl (C=O) groups is 2. The van der Waals surface area contributed by atoms with Crippen LogP contribution in [0.25, 0.3) is 0 Å². The summed E-state index contributed by atoms with van der Waals surface area (Å²) in [6, 6.07) is 0.0200. The number of rotatable bonds is 1. The lowest BCUT2D eigenvalue weighted by Crippen LogP contribution is -2.66. The maximum Gasteiger partial charge on any atom is 0.410 e. The number of piperidine rings is 1. The van der Waals surface area contributed by atoms with E-state index in [1.165, 1.54) is 0 Å². The number of carboxylic acids is 1. The Balaban J connectivity index is 2.03. The molecule has 2 heterocycles. The highest BCUT2D eigenvalue weighted by Gasteiger charge is 2.52. The van der Waals surface area contributed by atoms with E-state index in [-0.39, 0.29) is 18.2 Å². The number of amides is 1. The normalized spacial score (nSPS) is 31.7. The summed E-state index contributed by atoms with van der Waals surface area (Å²) in [4.78, 5) is 24.6. The summed E-state index contributed by atoms with van der Waals surface area (Å²) in [5.74, 6) is -1.23. The Labute approximate surface area is 101 Å². The van der Waals surface area contributed by atoms with Gasteiger partial charge < -0.3 is 14.7 Å². The predicted octanol–water partition coefficient (Wildman–Crippen LogP) is 1.86. The van der Waals surface area contributed by atoms with E-state index in [9.17, 15) is 9.59 Å². The molecule has 0 radical (unpaired) electrons. The van der Waals surface area contributed by atoms with E-state index in [2.05, 4.69) is 0 Å². The molecule has 3 rings (SSSR count). The van der Waals surface area contributed by atoms with E-state index in [1.807, 2.05) is 20.8 Å². The summed E-state index contributed by atoms with van der Waals surface area (Å²) in [5, 5.41) is 9.09. The van der Waals surface area contributed by atoms with Crippen LogP contribution in [0, 0.1) is 5.92 Å². The Morgan fingerprint density at radius 3 is 2.41 bits per heavy atom. The van der Waals surface area contributed by atoms with E-state index in [0.29, 0.717) is 6.42 Å². The van der Waals surface area contributed by atoms with Crippen molar-refractivity contribution in [2.45, 2.75) is 57.7 Å². The van der Waals surface area contributed by atoms with Crippen molar-refractivity contribution in [2.24, 2.45) is 5.92 Å². The zero-order valence-electron chi connectivity index (χ0n) is 10.5. The lowest BCUT2D eigenvalue weighted by Gasteiger charge is -2.54. The van der Waals surface area contributed by atoms with Crippen molar-refractivity contribution in [2.75, 3.05) is 0 Å². The number of carbonyl (C=O) groups excluding carboxylic acids is 1. The molecule has 0 spiro atoms. The summed E-state index contributed by atoms with van der Waals surface area (Å²) in [5.41, 5.74) is -0.528. The van der Waals surface area contributed by atoms with E-state index >= 15 is 0 Å². The van der Waals surface area contributed by atoms with E-state index in [4.69, 9.17) is 9.84 Å². The number of hydrogen-bond acceptors (Lipinski definition) is 3. The Morgan fingerprint density at radius 1 is 1.29 bits per heavy atom. The van der Waals surface area contributed by atoms with Crippen LogP contribution in [0.1, 0.15) is 40.0 Å². The summed E-state index contributed by atoms with van der Waals surface area (Å²) < 4.78 is 5.30. The molecule has 1 amide bonds. The molecule has 2 bridgehead atoms. The van der Waals surface area contributed by atoms with Gasteiger partial charge in [0, 0.05) is 6.04 Å². The smallest absolute Gasteiger partial charge is 0.410 e.